The van der Waals surface area contributed by atoms with Crippen molar-refractivity contribution >= 4 is 22.6 Å². The summed E-state index contributed by atoms with van der Waals surface area (Å²) < 4.78 is 54.4. The van der Waals surface area contributed by atoms with Gasteiger partial charge in [0.05, 0.1) is 16.8 Å². The van der Waals surface area contributed by atoms with Crippen LogP contribution in [0.1, 0.15) is 40.9 Å². The second kappa shape index (κ2) is 8.64. The summed E-state index contributed by atoms with van der Waals surface area (Å²) >= 11 is 0. The molecule has 0 radical (unpaired) electrons. The number of aromatic nitrogens is 1. The molecular formula is C23H22F4N2O3. The van der Waals surface area contributed by atoms with Gasteiger partial charge in [-0.3, -0.25) is 4.79 Å². The molecule has 3 aromatic rings. The van der Waals surface area contributed by atoms with E-state index in [1.165, 1.54) is 17.0 Å². The van der Waals surface area contributed by atoms with Gasteiger partial charge in [0, 0.05) is 30.7 Å². The minimum absolute atomic E-state index is 0.00508. The average Bonchev–Trinajstić information content (AvgIpc) is 2.67. The molecule has 9 heteroatoms. The first-order valence-corrected chi connectivity index (χ1v) is 9.87. The van der Waals surface area contributed by atoms with Crippen molar-refractivity contribution in [1.82, 2.24) is 4.98 Å². The smallest absolute Gasteiger partial charge is 0.416 e. The number of H-pyrrole nitrogens is 1. The maximum atomic E-state index is 15.2. The summed E-state index contributed by atoms with van der Waals surface area (Å²) in [7, 11) is 1.55. The van der Waals surface area contributed by atoms with Gasteiger partial charge in [0.2, 0.25) is 5.43 Å². The number of carboxylic acids is 1. The highest BCUT2D eigenvalue weighted by atomic mass is 19.4. The van der Waals surface area contributed by atoms with E-state index in [2.05, 4.69) is 4.98 Å². The number of anilines is 1. The number of rotatable bonds is 6. The lowest BCUT2D eigenvalue weighted by Gasteiger charge is -2.25. The number of alkyl halides is 3. The van der Waals surface area contributed by atoms with Crippen molar-refractivity contribution in [3.8, 4) is 0 Å². The van der Waals surface area contributed by atoms with Crippen molar-refractivity contribution in [1.29, 1.82) is 0 Å². The Labute approximate surface area is 181 Å². The first-order chi connectivity index (χ1) is 14.9. The molecule has 2 N–H and O–H groups in total. The highest BCUT2D eigenvalue weighted by Crippen LogP contribution is 2.34. The van der Waals surface area contributed by atoms with Gasteiger partial charge in [0.25, 0.3) is 0 Å². The zero-order chi connectivity index (χ0) is 23.8. The quantitative estimate of drug-likeness (QED) is 0.505. The van der Waals surface area contributed by atoms with Crippen molar-refractivity contribution in [2.75, 3.05) is 11.9 Å². The maximum absolute atomic E-state index is 15.2. The SMILES string of the molecule is CC(C)Cc1c(N(C)Cc2cccc(C(F)(F)F)c2)c(F)cc2c(=O)c(C(=O)O)c[nH]c12. The molecule has 0 amide bonds. The van der Waals surface area contributed by atoms with E-state index < -0.39 is 34.5 Å². The number of carbonyl (C=O) groups is 1. The lowest BCUT2D eigenvalue weighted by atomic mass is 9.96. The van der Waals surface area contributed by atoms with E-state index in [9.17, 15) is 27.9 Å². The zero-order valence-electron chi connectivity index (χ0n) is 17.7. The summed E-state index contributed by atoms with van der Waals surface area (Å²) in [6.45, 7) is 3.79. The fourth-order valence-corrected chi connectivity index (χ4v) is 3.77. The van der Waals surface area contributed by atoms with Crippen LogP contribution in [0.15, 0.2) is 41.3 Å². The number of aromatic amines is 1. The van der Waals surface area contributed by atoms with Crippen LogP contribution < -0.4 is 10.3 Å². The first-order valence-electron chi connectivity index (χ1n) is 9.87. The molecule has 0 atom stereocenters. The first kappa shape index (κ1) is 23.3. The van der Waals surface area contributed by atoms with Gasteiger partial charge < -0.3 is 15.0 Å². The molecule has 2 aromatic carbocycles. The molecule has 0 saturated carbocycles. The van der Waals surface area contributed by atoms with E-state index in [1.807, 2.05) is 13.8 Å². The number of pyridine rings is 1. The van der Waals surface area contributed by atoms with Crippen LogP contribution in [0.4, 0.5) is 23.2 Å². The molecular weight excluding hydrogens is 428 g/mol. The maximum Gasteiger partial charge on any atom is 0.416 e. The molecule has 0 bridgehead atoms. The number of nitrogens with zero attached hydrogens (tertiary/aromatic N) is 1. The van der Waals surface area contributed by atoms with E-state index in [-0.39, 0.29) is 23.5 Å². The van der Waals surface area contributed by atoms with E-state index in [1.54, 1.807) is 7.05 Å². The van der Waals surface area contributed by atoms with Gasteiger partial charge in [-0.15, -0.1) is 0 Å². The number of nitrogens with one attached hydrogen (secondary N) is 1. The van der Waals surface area contributed by atoms with Crippen molar-refractivity contribution in [2.24, 2.45) is 5.92 Å². The molecule has 0 aliphatic heterocycles. The molecule has 5 nitrogen and oxygen atoms in total. The number of carboxylic acid groups (broad SMARTS) is 1. The number of benzene rings is 2. The molecule has 0 spiro atoms. The van der Waals surface area contributed by atoms with Gasteiger partial charge in [-0.2, -0.15) is 13.2 Å². The molecule has 3 rings (SSSR count). The van der Waals surface area contributed by atoms with Gasteiger partial charge in [0.15, 0.2) is 0 Å². The highest BCUT2D eigenvalue weighted by molar-refractivity contribution is 5.94. The monoisotopic (exact) mass is 450 g/mol. The van der Waals surface area contributed by atoms with Crippen molar-refractivity contribution in [3.05, 3.63) is 74.8 Å². The Hall–Kier alpha value is -3.36. The summed E-state index contributed by atoms with van der Waals surface area (Å²) in [5, 5.41) is 9.11. The highest BCUT2D eigenvalue weighted by Gasteiger charge is 2.30. The summed E-state index contributed by atoms with van der Waals surface area (Å²) in [5.74, 6) is -2.12. The largest absolute Gasteiger partial charge is 0.477 e. The zero-order valence-corrected chi connectivity index (χ0v) is 17.7. The van der Waals surface area contributed by atoms with Crippen molar-refractivity contribution in [2.45, 2.75) is 33.0 Å². The van der Waals surface area contributed by atoms with Crippen LogP contribution in [-0.2, 0) is 19.1 Å². The van der Waals surface area contributed by atoms with Crippen LogP contribution >= 0.6 is 0 Å². The Balaban J connectivity index is 2.15. The molecule has 0 fully saturated rings. The van der Waals surface area contributed by atoms with Gasteiger partial charge in [-0.05, 0) is 36.1 Å². The van der Waals surface area contributed by atoms with Crippen LogP contribution in [0.2, 0.25) is 0 Å². The van der Waals surface area contributed by atoms with Crippen LogP contribution in [0, 0.1) is 11.7 Å². The summed E-state index contributed by atoms with van der Waals surface area (Å²) in [5.41, 5.74) is -0.857. The normalized spacial score (nSPS) is 11.9. The Bertz CT molecular complexity index is 1230. The van der Waals surface area contributed by atoms with E-state index in [0.29, 0.717) is 23.1 Å². The fourth-order valence-electron chi connectivity index (χ4n) is 3.77. The number of halogens is 4. The lowest BCUT2D eigenvalue weighted by molar-refractivity contribution is -0.137. The number of hydrogen-bond acceptors (Lipinski definition) is 3. The topological polar surface area (TPSA) is 73.4 Å². The molecule has 32 heavy (non-hydrogen) atoms. The summed E-state index contributed by atoms with van der Waals surface area (Å²) in [6.07, 6.45) is -3.06. The predicted molar refractivity (Wildman–Crippen MR) is 114 cm³/mol. The van der Waals surface area contributed by atoms with Gasteiger partial charge >= 0.3 is 12.1 Å². The minimum Gasteiger partial charge on any atom is -0.477 e. The minimum atomic E-state index is -4.49. The molecule has 1 heterocycles. The van der Waals surface area contributed by atoms with E-state index >= 15 is 4.39 Å². The predicted octanol–water partition coefficient (Wildman–Crippen LogP) is 5.22. The molecule has 0 aliphatic carbocycles. The second-order valence-electron chi connectivity index (χ2n) is 8.10. The number of fused-ring (bicyclic) bond motifs is 1. The second-order valence-corrected chi connectivity index (χ2v) is 8.10. The Morgan fingerprint density at radius 1 is 1.22 bits per heavy atom. The van der Waals surface area contributed by atoms with Crippen LogP contribution in [0.3, 0.4) is 0 Å². The molecule has 1 aromatic heterocycles. The average molecular weight is 450 g/mol. The third-order valence-electron chi connectivity index (χ3n) is 5.10. The molecule has 0 aliphatic rings. The van der Waals surface area contributed by atoms with Gasteiger partial charge in [-0.25, -0.2) is 9.18 Å². The van der Waals surface area contributed by atoms with Crippen LogP contribution in [0.5, 0.6) is 0 Å². The van der Waals surface area contributed by atoms with Crippen molar-refractivity contribution in [3.63, 3.8) is 0 Å². The molecule has 0 unspecified atom stereocenters. The van der Waals surface area contributed by atoms with Gasteiger partial charge in [0.1, 0.15) is 11.4 Å². The van der Waals surface area contributed by atoms with E-state index in [0.717, 1.165) is 24.4 Å². The number of aromatic carboxylic acids is 1. The lowest BCUT2D eigenvalue weighted by Crippen LogP contribution is -2.22. The molecule has 0 saturated heterocycles. The summed E-state index contributed by atoms with van der Waals surface area (Å²) in [4.78, 5) is 28.2. The Morgan fingerprint density at radius 3 is 2.50 bits per heavy atom. The third-order valence-corrected chi connectivity index (χ3v) is 5.10. The Kier molecular flexibility index (Phi) is 6.29. The van der Waals surface area contributed by atoms with Crippen LogP contribution in [0.25, 0.3) is 10.9 Å². The van der Waals surface area contributed by atoms with Crippen LogP contribution in [-0.4, -0.2) is 23.1 Å². The molecule has 170 valence electrons. The van der Waals surface area contributed by atoms with Gasteiger partial charge in [-0.1, -0.05) is 26.0 Å². The number of hydrogen-bond donors (Lipinski definition) is 2. The fraction of sp³-hybridized carbons (Fsp3) is 0.304. The Morgan fingerprint density at radius 2 is 1.91 bits per heavy atom. The summed E-state index contributed by atoms with van der Waals surface area (Å²) in [6, 6.07) is 5.77. The van der Waals surface area contributed by atoms with E-state index in [4.69, 9.17) is 0 Å². The third kappa shape index (κ3) is 4.61. The standard InChI is InChI=1S/C23H22F4N2O3/c1-12(2)7-15-19-16(21(30)17(10-28-19)22(31)32)9-18(24)20(15)29(3)11-13-5-4-6-14(8-13)23(25,26)27/h4-6,8-10,12H,7,11H2,1-3H3,(H,28,30)(H,31,32). The van der Waals surface area contributed by atoms with Crippen molar-refractivity contribution < 1.29 is 27.5 Å².